The van der Waals surface area contributed by atoms with Gasteiger partial charge in [0.15, 0.2) is 0 Å². The standard InChI is InChI=1S/C19H31N3O/c1-15(2)22-10-8-17(14-22)13-21-9-4-5-16(12-21)11-20-19(23)18-6-3-7-18/h8,10,14-16,18H,3-7,9,11-13H2,1-2H3,(H,20,23). The summed E-state index contributed by atoms with van der Waals surface area (Å²) < 4.78 is 2.27. The van der Waals surface area contributed by atoms with Gasteiger partial charge in [0.1, 0.15) is 0 Å². The van der Waals surface area contributed by atoms with Crippen LogP contribution in [0.2, 0.25) is 0 Å². The summed E-state index contributed by atoms with van der Waals surface area (Å²) in [6, 6.07) is 2.77. The van der Waals surface area contributed by atoms with Gasteiger partial charge in [-0.3, -0.25) is 9.69 Å². The van der Waals surface area contributed by atoms with E-state index >= 15 is 0 Å². The lowest BCUT2D eigenvalue weighted by molar-refractivity contribution is -0.127. The lowest BCUT2D eigenvalue weighted by Crippen LogP contribution is -2.42. The summed E-state index contributed by atoms with van der Waals surface area (Å²) in [6.07, 6.45) is 10.4. The molecule has 2 fully saturated rings. The summed E-state index contributed by atoms with van der Waals surface area (Å²) in [6.45, 7) is 8.61. The van der Waals surface area contributed by atoms with Crippen LogP contribution in [0.25, 0.3) is 0 Å². The van der Waals surface area contributed by atoms with Gasteiger partial charge in [-0.25, -0.2) is 0 Å². The second-order valence-corrected chi connectivity index (χ2v) is 7.68. The van der Waals surface area contributed by atoms with E-state index in [1.165, 1.54) is 31.4 Å². The molecule has 2 aliphatic rings. The molecule has 2 heterocycles. The summed E-state index contributed by atoms with van der Waals surface area (Å²) >= 11 is 0. The van der Waals surface area contributed by atoms with E-state index in [1.54, 1.807) is 0 Å². The van der Waals surface area contributed by atoms with E-state index in [0.717, 1.165) is 32.5 Å². The molecule has 4 nitrogen and oxygen atoms in total. The van der Waals surface area contributed by atoms with Crippen molar-refractivity contribution in [2.75, 3.05) is 19.6 Å². The molecule has 0 bridgehead atoms. The third-order valence-corrected chi connectivity index (χ3v) is 5.42. The Morgan fingerprint density at radius 1 is 1.30 bits per heavy atom. The molecule has 0 aromatic carbocycles. The third-order valence-electron chi connectivity index (χ3n) is 5.42. The van der Waals surface area contributed by atoms with Gasteiger partial charge in [-0.15, -0.1) is 0 Å². The number of amides is 1. The van der Waals surface area contributed by atoms with Crippen LogP contribution in [0.5, 0.6) is 0 Å². The predicted molar refractivity (Wildman–Crippen MR) is 93.2 cm³/mol. The van der Waals surface area contributed by atoms with Crippen molar-refractivity contribution < 1.29 is 4.79 Å². The minimum absolute atomic E-state index is 0.294. The highest BCUT2D eigenvalue weighted by Gasteiger charge is 2.26. The molecule has 128 valence electrons. The van der Waals surface area contributed by atoms with E-state index in [9.17, 15) is 4.79 Å². The number of carbonyl (C=O) groups excluding carboxylic acids is 1. The second kappa shape index (κ2) is 7.52. The SMILES string of the molecule is CC(C)n1ccc(CN2CCCC(CNC(=O)C3CCC3)C2)c1. The van der Waals surface area contributed by atoms with Gasteiger partial charge in [-0.2, -0.15) is 0 Å². The average molecular weight is 317 g/mol. The van der Waals surface area contributed by atoms with Crippen molar-refractivity contribution in [1.82, 2.24) is 14.8 Å². The van der Waals surface area contributed by atoms with Crippen LogP contribution in [0.4, 0.5) is 0 Å². The monoisotopic (exact) mass is 317 g/mol. The lowest BCUT2D eigenvalue weighted by atomic mass is 9.84. The summed E-state index contributed by atoms with van der Waals surface area (Å²) in [5, 5.41) is 3.19. The molecule has 3 rings (SSSR count). The van der Waals surface area contributed by atoms with E-state index in [4.69, 9.17) is 0 Å². The molecule has 0 spiro atoms. The van der Waals surface area contributed by atoms with Gasteiger partial charge in [0.05, 0.1) is 0 Å². The van der Waals surface area contributed by atoms with Gasteiger partial charge >= 0.3 is 0 Å². The molecule has 1 aliphatic heterocycles. The quantitative estimate of drug-likeness (QED) is 0.875. The minimum atomic E-state index is 0.294. The van der Waals surface area contributed by atoms with Crippen LogP contribution in [-0.2, 0) is 11.3 Å². The molecule has 1 aromatic rings. The van der Waals surface area contributed by atoms with E-state index in [0.29, 0.717) is 23.8 Å². The number of nitrogens with one attached hydrogen (secondary N) is 1. The van der Waals surface area contributed by atoms with Gasteiger partial charge in [0, 0.05) is 44.0 Å². The first-order chi connectivity index (χ1) is 11.1. The molecule has 1 unspecified atom stereocenters. The summed E-state index contributed by atoms with van der Waals surface area (Å²) in [4.78, 5) is 14.5. The molecule has 1 atom stereocenters. The largest absolute Gasteiger partial charge is 0.356 e. The molecular weight excluding hydrogens is 286 g/mol. The second-order valence-electron chi connectivity index (χ2n) is 7.68. The maximum atomic E-state index is 12.0. The smallest absolute Gasteiger partial charge is 0.223 e. The Morgan fingerprint density at radius 3 is 2.78 bits per heavy atom. The average Bonchev–Trinajstić information content (AvgIpc) is 2.92. The van der Waals surface area contributed by atoms with Crippen molar-refractivity contribution >= 4 is 5.91 Å². The van der Waals surface area contributed by atoms with Crippen molar-refractivity contribution in [1.29, 1.82) is 0 Å². The number of nitrogens with zero attached hydrogens (tertiary/aromatic N) is 2. The minimum Gasteiger partial charge on any atom is -0.356 e. The highest BCUT2D eigenvalue weighted by atomic mass is 16.1. The molecule has 23 heavy (non-hydrogen) atoms. The van der Waals surface area contributed by atoms with Gasteiger partial charge in [0.25, 0.3) is 0 Å². The van der Waals surface area contributed by atoms with Crippen molar-refractivity contribution in [2.45, 2.75) is 58.5 Å². The molecule has 1 N–H and O–H groups in total. The Morgan fingerprint density at radius 2 is 2.13 bits per heavy atom. The van der Waals surface area contributed by atoms with E-state index < -0.39 is 0 Å². The van der Waals surface area contributed by atoms with Crippen LogP contribution in [0.15, 0.2) is 18.5 Å². The third kappa shape index (κ3) is 4.37. The fourth-order valence-corrected chi connectivity index (χ4v) is 3.65. The number of carbonyl (C=O) groups is 1. The fourth-order valence-electron chi connectivity index (χ4n) is 3.65. The fraction of sp³-hybridized carbons (Fsp3) is 0.737. The number of hydrogen-bond donors (Lipinski definition) is 1. The zero-order valence-corrected chi connectivity index (χ0v) is 14.6. The first kappa shape index (κ1) is 16.6. The topological polar surface area (TPSA) is 37.3 Å². The van der Waals surface area contributed by atoms with Crippen molar-refractivity contribution in [2.24, 2.45) is 11.8 Å². The van der Waals surface area contributed by atoms with Gasteiger partial charge in [0.2, 0.25) is 5.91 Å². The normalized spacial score (nSPS) is 23.0. The van der Waals surface area contributed by atoms with Crippen LogP contribution >= 0.6 is 0 Å². The Labute approximate surface area is 140 Å². The number of hydrogen-bond acceptors (Lipinski definition) is 2. The first-order valence-electron chi connectivity index (χ1n) is 9.28. The van der Waals surface area contributed by atoms with Gasteiger partial charge in [-0.1, -0.05) is 6.42 Å². The van der Waals surface area contributed by atoms with Crippen molar-refractivity contribution in [3.05, 3.63) is 24.0 Å². The van der Waals surface area contributed by atoms with Gasteiger partial charge < -0.3 is 9.88 Å². The van der Waals surface area contributed by atoms with E-state index in [-0.39, 0.29) is 0 Å². The van der Waals surface area contributed by atoms with Crippen LogP contribution < -0.4 is 5.32 Å². The molecule has 1 saturated heterocycles. The van der Waals surface area contributed by atoms with Crippen LogP contribution in [0, 0.1) is 11.8 Å². The zero-order valence-electron chi connectivity index (χ0n) is 14.6. The highest BCUT2D eigenvalue weighted by molar-refractivity contribution is 5.79. The molecule has 0 radical (unpaired) electrons. The lowest BCUT2D eigenvalue weighted by Gasteiger charge is -2.33. The van der Waals surface area contributed by atoms with Crippen LogP contribution in [0.1, 0.15) is 57.6 Å². The summed E-state index contributed by atoms with van der Waals surface area (Å²) in [5.74, 6) is 1.22. The van der Waals surface area contributed by atoms with Crippen LogP contribution in [-0.4, -0.2) is 35.0 Å². The maximum Gasteiger partial charge on any atom is 0.223 e. The number of aromatic nitrogens is 1. The van der Waals surface area contributed by atoms with Crippen LogP contribution in [0.3, 0.4) is 0 Å². The molecule has 1 saturated carbocycles. The highest BCUT2D eigenvalue weighted by Crippen LogP contribution is 2.26. The molecule has 1 aromatic heterocycles. The summed E-state index contributed by atoms with van der Waals surface area (Å²) in [5.41, 5.74) is 1.40. The van der Waals surface area contributed by atoms with E-state index in [1.807, 2.05) is 0 Å². The molecule has 1 amide bonds. The number of likely N-dealkylation sites (tertiary alicyclic amines) is 1. The Kier molecular flexibility index (Phi) is 5.42. The molecular formula is C19H31N3O. The zero-order chi connectivity index (χ0) is 16.2. The number of piperidine rings is 1. The molecule has 1 aliphatic carbocycles. The van der Waals surface area contributed by atoms with E-state index in [2.05, 4.69) is 47.1 Å². The number of rotatable bonds is 6. The van der Waals surface area contributed by atoms with Gasteiger partial charge in [-0.05, 0) is 63.6 Å². The van der Waals surface area contributed by atoms with Crippen molar-refractivity contribution in [3.63, 3.8) is 0 Å². The Balaban J connectivity index is 1.44. The van der Waals surface area contributed by atoms with Crippen molar-refractivity contribution in [3.8, 4) is 0 Å². The first-order valence-corrected chi connectivity index (χ1v) is 9.28. The predicted octanol–water partition coefficient (Wildman–Crippen LogP) is 3.20. The maximum absolute atomic E-state index is 12.0. The summed E-state index contributed by atoms with van der Waals surface area (Å²) in [7, 11) is 0. The molecule has 4 heteroatoms. The Bertz CT molecular complexity index is 518. The Hall–Kier alpha value is -1.29.